The SMILES string of the molecule is Nc1ccc2c(ccc3cccc[n+]32)c1.[Cl-]. The second kappa shape index (κ2) is 3.99. The molecule has 16 heavy (non-hydrogen) atoms. The molecule has 0 aliphatic rings. The zero-order chi connectivity index (χ0) is 10.3. The minimum absolute atomic E-state index is 0. The largest absolute Gasteiger partial charge is 1.00 e. The number of halogens is 1. The fourth-order valence-electron chi connectivity index (χ4n) is 1.91. The first kappa shape index (κ1) is 10.7. The summed E-state index contributed by atoms with van der Waals surface area (Å²) in [5.74, 6) is 0. The number of fused-ring (bicyclic) bond motifs is 3. The van der Waals surface area contributed by atoms with Crippen LogP contribution in [0.1, 0.15) is 0 Å². The Morgan fingerprint density at radius 3 is 2.69 bits per heavy atom. The number of nitrogen functional groups attached to an aromatic ring is 1. The van der Waals surface area contributed by atoms with Crippen LogP contribution in [0.5, 0.6) is 0 Å². The monoisotopic (exact) mass is 230 g/mol. The molecule has 0 aliphatic carbocycles. The topological polar surface area (TPSA) is 30.1 Å². The third-order valence-corrected chi connectivity index (χ3v) is 2.64. The van der Waals surface area contributed by atoms with E-state index in [0.29, 0.717) is 0 Å². The average Bonchev–Trinajstić information content (AvgIpc) is 2.28. The highest BCUT2D eigenvalue weighted by atomic mass is 35.5. The Morgan fingerprint density at radius 1 is 0.938 bits per heavy atom. The van der Waals surface area contributed by atoms with Crippen molar-refractivity contribution in [2.45, 2.75) is 0 Å². The van der Waals surface area contributed by atoms with Crippen LogP contribution in [-0.2, 0) is 0 Å². The summed E-state index contributed by atoms with van der Waals surface area (Å²) in [6, 6.07) is 16.3. The minimum Gasteiger partial charge on any atom is -1.00 e. The van der Waals surface area contributed by atoms with Gasteiger partial charge in [0, 0.05) is 35.3 Å². The van der Waals surface area contributed by atoms with Crippen molar-refractivity contribution in [1.29, 1.82) is 0 Å². The van der Waals surface area contributed by atoms with Crippen LogP contribution in [0.3, 0.4) is 0 Å². The van der Waals surface area contributed by atoms with Gasteiger partial charge in [-0.3, -0.25) is 0 Å². The van der Waals surface area contributed by atoms with Gasteiger partial charge in [0.05, 0.1) is 0 Å². The highest BCUT2D eigenvalue weighted by Crippen LogP contribution is 2.14. The van der Waals surface area contributed by atoms with Crippen molar-refractivity contribution in [1.82, 2.24) is 0 Å². The van der Waals surface area contributed by atoms with Crippen molar-refractivity contribution in [3.63, 3.8) is 0 Å². The molecule has 0 saturated heterocycles. The molecule has 0 amide bonds. The number of hydrogen-bond donors (Lipinski definition) is 1. The normalized spacial score (nSPS) is 10.2. The Hall–Kier alpha value is -1.80. The van der Waals surface area contributed by atoms with Gasteiger partial charge in [0.1, 0.15) is 0 Å². The average molecular weight is 231 g/mol. The summed E-state index contributed by atoms with van der Waals surface area (Å²) < 4.78 is 2.16. The van der Waals surface area contributed by atoms with Gasteiger partial charge < -0.3 is 18.1 Å². The predicted octanol–water partition coefficient (Wildman–Crippen LogP) is -0.835. The smallest absolute Gasteiger partial charge is 0.218 e. The summed E-state index contributed by atoms with van der Waals surface area (Å²) in [6.07, 6.45) is 2.06. The lowest BCUT2D eigenvalue weighted by Gasteiger charge is -1.97. The van der Waals surface area contributed by atoms with Crippen molar-refractivity contribution in [3.05, 3.63) is 54.7 Å². The molecular weight excluding hydrogens is 220 g/mol. The molecule has 80 valence electrons. The Balaban J connectivity index is 0.000000963. The molecule has 0 aliphatic heterocycles. The maximum absolute atomic E-state index is 5.76. The molecule has 0 atom stereocenters. The molecule has 0 radical (unpaired) electrons. The van der Waals surface area contributed by atoms with Crippen LogP contribution < -0.4 is 22.5 Å². The Bertz CT molecular complexity index is 650. The first-order chi connectivity index (χ1) is 7.34. The molecule has 2 N–H and O–H groups in total. The molecule has 0 fully saturated rings. The van der Waals surface area contributed by atoms with Gasteiger partial charge in [-0.25, -0.2) is 0 Å². The van der Waals surface area contributed by atoms with Gasteiger partial charge in [-0.1, -0.05) is 0 Å². The van der Waals surface area contributed by atoms with Gasteiger partial charge in [-0.15, -0.1) is 0 Å². The summed E-state index contributed by atoms with van der Waals surface area (Å²) >= 11 is 0. The minimum atomic E-state index is 0. The fourth-order valence-corrected chi connectivity index (χ4v) is 1.91. The highest BCUT2D eigenvalue weighted by molar-refractivity contribution is 5.80. The number of hydrogen-bond acceptors (Lipinski definition) is 1. The van der Waals surface area contributed by atoms with Gasteiger partial charge in [0.2, 0.25) is 11.0 Å². The lowest BCUT2D eigenvalue weighted by Crippen LogP contribution is -3.00. The predicted molar refractivity (Wildman–Crippen MR) is 61.5 cm³/mol. The Labute approximate surface area is 99.7 Å². The van der Waals surface area contributed by atoms with Crippen molar-refractivity contribution in [2.24, 2.45) is 0 Å². The van der Waals surface area contributed by atoms with E-state index in [1.54, 1.807) is 0 Å². The molecule has 0 spiro atoms. The zero-order valence-corrected chi connectivity index (χ0v) is 9.35. The molecule has 3 aromatic rings. The van der Waals surface area contributed by atoms with E-state index in [1.807, 2.05) is 24.3 Å². The van der Waals surface area contributed by atoms with Crippen LogP contribution >= 0.6 is 0 Å². The number of pyridine rings is 2. The molecule has 0 saturated carbocycles. The van der Waals surface area contributed by atoms with Crippen molar-refractivity contribution in [2.75, 3.05) is 5.73 Å². The van der Waals surface area contributed by atoms with Gasteiger partial charge in [-0.05, 0) is 24.3 Å². The standard InChI is InChI=1S/C13H11N2.ClH/c14-11-5-7-13-10(9-11)4-6-12-3-1-2-8-15(12)13;/h1-9H,14H2;1H/q+1;/p-1. The molecule has 2 heterocycles. The maximum atomic E-state index is 5.76. The number of rotatable bonds is 0. The number of benzene rings is 1. The summed E-state index contributed by atoms with van der Waals surface area (Å²) in [4.78, 5) is 0. The second-order valence-electron chi connectivity index (χ2n) is 3.65. The van der Waals surface area contributed by atoms with E-state index in [1.165, 1.54) is 16.4 Å². The summed E-state index contributed by atoms with van der Waals surface area (Å²) in [5, 5.41) is 1.17. The first-order valence-corrected chi connectivity index (χ1v) is 4.93. The van der Waals surface area contributed by atoms with E-state index in [4.69, 9.17) is 5.73 Å². The van der Waals surface area contributed by atoms with E-state index in [-0.39, 0.29) is 12.4 Å². The Kier molecular flexibility index (Phi) is 2.67. The van der Waals surface area contributed by atoms with E-state index in [0.717, 1.165) is 5.69 Å². The molecule has 3 rings (SSSR count). The number of anilines is 1. The summed E-state index contributed by atoms with van der Waals surface area (Å²) in [5.41, 5.74) is 8.94. The maximum Gasteiger partial charge on any atom is 0.218 e. The third-order valence-electron chi connectivity index (χ3n) is 2.64. The van der Waals surface area contributed by atoms with E-state index in [2.05, 4.69) is 34.9 Å². The van der Waals surface area contributed by atoms with Crippen LogP contribution in [-0.4, -0.2) is 0 Å². The van der Waals surface area contributed by atoms with E-state index in [9.17, 15) is 0 Å². The highest BCUT2D eigenvalue weighted by Gasteiger charge is 2.06. The molecule has 1 aromatic carbocycles. The molecule has 2 nitrogen and oxygen atoms in total. The van der Waals surface area contributed by atoms with Gasteiger partial charge in [0.25, 0.3) is 0 Å². The lowest BCUT2D eigenvalue weighted by molar-refractivity contribution is -0.481. The van der Waals surface area contributed by atoms with Gasteiger partial charge in [-0.2, -0.15) is 4.40 Å². The number of nitrogens with zero attached hydrogens (tertiary/aromatic N) is 1. The second-order valence-corrected chi connectivity index (χ2v) is 3.65. The van der Waals surface area contributed by atoms with Crippen molar-refractivity contribution in [3.8, 4) is 0 Å². The third kappa shape index (κ3) is 1.57. The molecule has 2 aromatic heterocycles. The molecular formula is C13H11ClN2. The number of nitrogens with two attached hydrogens (primary N) is 1. The zero-order valence-electron chi connectivity index (χ0n) is 8.60. The first-order valence-electron chi connectivity index (χ1n) is 4.93. The number of aromatic nitrogens is 1. The van der Waals surface area contributed by atoms with Gasteiger partial charge >= 0.3 is 0 Å². The summed E-state index contributed by atoms with van der Waals surface area (Å²) in [6.45, 7) is 0. The molecule has 3 heteroatoms. The lowest BCUT2D eigenvalue weighted by atomic mass is 10.2. The Morgan fingerprint density at radius 2 is 1.81 bits per heavy atom. The summed E-state index contributed by atoms with van der Waals surface area (Å²) in [7, 11) is 0. The van der Waals surface area contributed by atoms with E-state index >= 15 is 0 Å². The van der Waals surface area contributed by atoms with Crippen molar-refractivity contribution < 1.29 is 16.8 Å². The van der Waals surface area contributed by atoms with Crippen LogP contribution in [0, 0.1) is 0 Å². The molecule has 0 bridgehead atoms. The fraction of sp³-hybridized carbons (Fsp3) is 0. The van der Waals surface area contributed by atoms with Crippen LogP contribution in [0.15, 0.2) is 54.7 Å². The van der Waals surface area contributed by atoms with E-state index < -0.39 is 0 Å². The molecule has 0 unspecified atom stereocenters. The van der Waals surface area contributed by atoms with Gasteiger partial charge in [0.15, 0.2) is 6.20 Å². The van der Waals surface area contributed by atoms with Crippen LogP contribution in [0.25, 0.3) is 16.4 Å². The quantitative estimate of drug-likeness (QED) is 0.305. The van der Waals surface area contributed by atoms with Crippen LogP contribution in [0.4, 0.5) is 5.69 Å². The van der Waals surface area contributed by atoms with Crippen LogP contribution in [0.2, 0.25) is 0 Å². The van der Waals surface area contributed by atoms with Crippen molar-refractivity contribution >= 4 is 22.1 Å².